The predicted molar refractivity (Wildman–Crippen MR) is 98.4 cm³/mol. The highest BCUT2D eigenvalue weighted by Gasteiger charge is 2.30. The maximum atomic E-state index is 12.7. The van der Waals surface area contributed by atoms with Crippen LogP contribution in [0.4, 0.5) is 0 Å². The van der Waals surface area contributed by atoms with Crippen LogP contribution in [-0.2, 0) is 10.0 Å². The Morgan fingerprint density at radius 1 is 1.17 bits per heavy atom. The average Bonchev–Trinajstić information content (AvgIpc) is 2.33. The third kappa shape index (κ3) is 6.81. The van der Waals surface area contributed by atoms with Crippen molar-refractivity contribution in [2.45, 2.75) is 64.8 Å². The molecule has 0 saturated carbocycles. The van der Waals surface area contributed by atoms with Crippen molar-refractivity contribution in [1.82, 2.24) is 4.72 Å². The summed E-state index contributed by atoms with van der Waals surface area (Å²) in [7, 11) is -3.61. The third-order valence-corrected chi connectivity index (χ3v) is 5.41. The number of rotatable bonds is 7. The number of hydrogen-bond donors (Lipinski definition) is 1. The van der Waals surface area contributed by atoms with Crippen LogP contribution in [-0.4, -0.2) is 20.6 Å². The maximum absolute atomic E-state index is 12.7. The molecule has 0 saturated heterocycles. The standard InChI is InChI=1S/C17H28BrNO3S/c1-7-10-22-15-11-13(8-9-14(15)18)23(20,21)19-17(5,6)12-16(2,3)4/h8-9,11,19H,7,10,12H2,1-6H3. The topological polar surface area (TPSA) is 55.4 Å². The molecule has 0 atom stereocenters. The lowest BCUT2D eigenvalue weighted by molar-refractivity contribution is 0.269. The van der Waals surface area contributed by atoms with Gasteiger partial charge in [0.05, 0.1) is 16.0 Å². The summed E-state index contributed by atoms with van der Waals surface area (Å²) in [5.41, 5.74) is -0.504. The molecule has 0 aromatic heterocycles. The fourth-order valence-corrected chi connectivity index (χ4v) is 4.55. The Morgan fingerprint density at radius 3 is 2.30 bits per heavy atom. The van der Waals surface area contributed by atoms with Gasteiger partial charge in [-0.1, -0.05) is 27.7 Å². The second-order valence-corrected chi connectivity index (χ2v) is 10.2. The van der Waals surface area contributed by atoms with Gasteiger partial charge in [0.1, 0.15) is 5.75 Å². The Kier molecular flexibility index (Phi) is 6.70. The summed E-state index contributed by atoms with van der Waals surface area (Å²) in [6, 6.07) is 4.85. The number of hydrogen-bond acceptors (Lipinski definition) is 3. The van der Waals surface area contributed by atoms with E-state index < -0.39 is 15.6 Å². The minimum absolute atomic E-state index is 0.0289. The van der Waals surface area contributed by atoms with Gasteiger partial charge in [-0.2, -0.15) is 0 Å². The summed E-state index contributed by atoms with van der Waals surface area (Å²) < 4.78 is 34.5. The van der Waals surface area contributed by atoms with Crippen LogP contribution in [0.3, 0.4) is 0 Å². The molecule has 0 spiro atoms. The molecule has 0 aliphatic heterocycles. The van der Waals surface area contributed by atoms with Crippen LogP contribution in [0.1, 0.15) is 54.4 Å². The van der Waals surface area contributed by atoms with Crippen LogP contribution in [0.15, 0.2) is 27.6 Å². The molecule has 0 amide bonds. The number of nitrogens with one attached hydrogen (secondary N) is 1. The van der Waals surface area contributed by atoms with E-state index in [0.717, 1.165) is 17.3 Å². The van der Waals surface area contributed by atoms with E-state index in [1.54, 1.807) is 18.2 Å². The number of benzene rings is 1. The van der Waals surface area contributed by atoms with Crippen molar-refractivity contribution in [3.63, 3.8) is 0 Å². The Labute approximate surface area is 149 Å². The molecular weight excluding hydrogens is 378 g/mol. The Bertz CT molecular complexity index is 634. The van der Waals surface area contributed by atoms with Gasteiger partial charge in [0, 0.05) is 11.6 Å². The number of halogens is 1. The van der Waals surface area contributed by atoms with Crippen molar-refractivity contribution in [2.24, 2.45) is 5.41 Å². The number of sulfonamides is 1. The first-order chi connectivity index (χ1) is 10.4. The van der Waals surface area contributed by atoms with Crippen molar-refractivity contribution < 1.29 is 13.2 Å². The largest absolute Gasteiger partial charge is 0.492 e. The summed E-state index contributed by atoms with van der Waals surface area (Å²) in [5, 5.41) is 0. The molecular formula is C17H28BrNO3S. The highest BCUT2D eigenvalue weighted by atomic mass is 79.9. The van der Waals surface area contributed by atoms with Gasteiger partial charge < -0.3 is 4.74 Å². The quantitative estimate of drug-likeness (QED) is 0.712. The highest BCUT2D eigenvalue weighted by Crippen LogP contribution is 2.31. The second-order valence-electron chi connectivity index (χ2n) is 7.67. The van der Waals surface area contributed by atoms with Crippen molar-refractivity contribution in [1.29, 1.82) is 0 Å². The zero-order valence-electron chi connectivity index (χ0n) is 14.9. The maximum Gasteiger partial charge on any atom is 0.241 e. The van der Waals surface area contributed by atoms with Gasteiger partial charge in [-0.3, -0.25) is 0 Å². The van der Waals surface area contributed by atoms with E-state index in [-0.39, 0.29) is 10.3 Å². The molecule has 0 heterocycles. The molecule has 4 nitrogen and oxygen atoms in total. The van der Waals surface area contributed by atoms with Crippen molar-refractivity contribution in [2.75, 3.05) is 6.61 Å². The van der Waals surface area contributed by atoms with Gasteiger partial charge in [-0.05, 0) is 60.2 Å². The van der Waals surface area contributed by atoms with E-state index in [1.807, 2.05) is 20.8 Å². The van der Waals surface area contributed by atoms with Gasteiger partial charge in [-0.15, -0.1) is 0 Å². The Hall–Kier alpha value is -0.590. The fourth-order valence-electron chi connectivity index (χ4n) is 2.76. The first-order valence-electron chi connectivity index (χ1n) is 7.83. The lowest BCUT2D eigenvalue weighted by Crippen LogP contribution is -2.45. The van der Waals surface area contributed by atoms with Crippen LogP contribution in [0.2, 0.25) is 0 Å². The molecule has 132 valence electrons. The molecule has 1 rings (SSSR count). The van der Waals surface area contributed by atoms with Crippen molar-refractivity contribution in [3.8, 4) is 5.75 Å². The molecule has 1 aromatic rings. The summed E-state index contributed by atoms with van der Waals surface area (Å²) in [5.74, 6) is 0.545. The third-order valence-electron chi connectivity index (χ3n) is 3.06. The molecule has 0 fully saturated rings. The predicted octanol–water partition coefficient (Wildman–Crippen LogP) is 4.73. The summed E-state index contributed by atoms with van der Waals surface area (Å²) in [4.78, 5) is 0.216. The molecule has 0 unspecified atom stereocenters. The van der Waals surface area contributed by atoms with Crippen LogP contribution < -0.4 is 9.46 Å². The number of ether oxygens (including phenoxy) is 1. The summed E-state index contributed by atoms with van der Waals surface area (Å²) in [6.07, 6.45) is 1.59. The monoisotopic (exact) mass is 405 g/mol. The SMILES string of the molecule is CCCOc1cc(S(=O)(=O)NC(C)(C)CC(C)(C)C)ccc1Br. The minimum atomic E-state index is -3.61. The van der Waals surface area contributed by atoms with E-state index in [1.165, 1.54) is 0 Å². The molecule has 0 bridgehead atoms. The molecule has 0 aliphatic rings. The van der Waals surface area contributed by atoms with Gasteiger partial charge in [-0.25, -0.2) is 13.1 Å². The van der Waals surface area contributed by atoms with Crippen molar-refractivity contribution in [3.05, 3.63) is 22.7 Å². The van der Waals surface area contributed by atoms with E-state index in [2.05, 4.69) is 41.4 Å². The molecule has 0 aliphatic carbocycles. The fraction of sp³-hybridized carbons (Fsp3) is 0.647. The van der Waals surface area contributed by atoms with Gasteiger partial charge in [0.25, 0.3) is 0 Å². The Balaban J connectivity index is 3.04. The zero-order chi connectivity index (χ0) is 17.9. The van der Waals surface area contributed by atoms with Gasteiger partial charge >= 0.3 is 0 Å². The van der Waals surface area contributed by atoms with Crippen LogP contribution in [0.25, 0.3) is 0 Å². The van der Waals surface area contributed by atoms with Gasteiger partial charge in [0.2, 0.25) is 10.0 Å². The van der Waals surface area contributed by atoms with Crippen molar-refractivity contribution >= 4 is 26.0 Å². The molecule has 6 heteroatoms. The first kappa shape index (κ1) is 20.5. The van der Waals surface area contributed by atoms with E-state index in [4.69, 9.17) is 4.74 Å². The van der Waals surface area contributed by atoms with E-state index >= 15 is 0 Å². The molecule has 0 radical (unpaired) electrons. The summed E-state index contributed by atoms with van der Waals surface area (Å²) in [6.45, 7) is 12.7. The lowest BCUT2D eigenvalue weighted by atomic mass is 9.82. The average molecular weight is 406 g/mol. The second kappa shape index (κ2) is 7.53. The summed E-state index contributed by atoms with van der Waals surface area (Å²) >= 11 is 3.39. The molecule has 23 heavy (non-hydrogen) atoms. The molecule has 1 N–H and O–H groups in total. The smallest absolute Gasteiger partial charge is 0.241 e. The van der Waals surface area contributed by atoms with Crippen LogP contribution >= 0.6 is 15.9 Å². The first-order valence-corrected chi connectivity index (χ1v) is 10.1. The molecule has 1 aromatic carbocycles. The minimum Gasteiger partial charge on any atom is -0.492 e. The normalized spacial score (nSPS) is 13.2. The highest BCUT2D eigenvalue weighted by molar-refractivity contribution is 9.10. The lowest BCUT2D eigenvalue weighted by Gasteiger charge is -2.33. The Morgan fingerprint density at radius 2 is 1.78 bits per heavy atom. The van der Waals surface area contributed by atoms with Crippen LogP contribution in [0, 0.1) is 5.41 Å². The van der Waals surface area contributed by atoms with E-state index in [9.17, 15) is 8.42 Å². The van der Waals surface area contributed by atoms with E-state index in [0.29, 0.717) is 12.4 Å². The van der Waals surface area contributed by atoms with Gasteiger partial charge in [0.15, 0.2) is 0 Å². The zero-order valence-corrected chi connectivity index (χ0v) is 17.3. The van der Waals surface area contributed by atoms with Crippen LogP contribution in [0.5, 0.6) is 5.75 Å².